The molecular formula is C24H29N5O4. The van der Waals surface area contributed by atoms with Crippen molar-refractivity contribution in [1.29, 1.82) is 0 Å². The number of benzene rings is 1. The third-order valence-electron chi connectivity index (χ3n) is 6.67. The molecule has 1 saturated carbocycles. The van der Waals surface area contributed by atoms with Gasteiger partial charge in [0.05, 0.1) is 18.2 Å². The Balaban J connectivity index is 1.13. The second-order valence-corrected chi connectivity index (χ2v) is 8.94. The van der Waals surface area contributed by atoms with Crippen molar-refractivity contribution in [3.63, 3.8) is 0 Å². The highest BCUT2D eigenvalue weighted by atomic mass is 16.6. The molecule has 0 bridgehead atoms. The summed E-state index contributed by atoms with van der Waals surface area (Å²) in [5.74, 6) is 1.87. The van der Waals surface area contributed by atoms with Crippen LogP contribution in [0.5, 0.6) is 11.5 Å². The number of carbonyl (C=O) groups excluding carboxylic acids is 2. The molecule has 33 heavy (non-hydrogen) atoms. The number of hydrogen-bond donors (Lipinski definition) is 1. The highest BCUT2D eigenvalue weighted by Crippen LogP contribution is 2.44. The lowest BCUT2D eigenvalue weighted by molar-refractivity contribution is -0.132. The molecule has 1 aromatic heterocycles. The Morgan fingerprint density at radius 3 is 2.88 bits per heavy atom. The monoisotopic (exact) mass is 451 g/mol. The molecule has 3 heterocycles. The Labute approximate surface area is 193 Å². The van der Waals surface area contributed by atoms with Crippen LogP contribution in [-0.4, -0.2) is 77.4 Å². The standard InChI is InChI=1S/C24H29N5O4/c1-28(18-5-3-9-29(15-18)23(30)13-17-4-2-8-25-27-17)24(31)26-20-14-19(20)16-6-7-21-22(12-16)33-11-10-32-21/h2,4,6-8,12,18-20H,3,5,9-11,13-15H2,1H3,(H,26,31)/t18-,19?,20?/m1/s1. The first-order valence-corrected chi connectivity index (χ1v) is 11.6. The number of likely N-dealkylation sites (N-methyl/N-ethyl adjacent to an activating group) is 1. The predicted molar refractivity (Wildman–Crippen MR) is 120 cm³/mol. The molecule has 0 radical (unpaired) electrons. The summed E-state index contributed by atoms with van der Waals surface area (Å²) >= 11 is 0. The van der Waals surface area contributed by atoms with Crippen LogP contribution in [0.2, 0.25) is 0 Å². The van der Waals surface area contributed by atoms with Crippen LogP contribution in [0.1, 0.15) is 36.4 Å². The minimum atomic E-state index is -0.0896. The highest BCUT2D eigenvalue weighted by molar-refractivity contribution is 5.79. The number of amides is 3. The fraction of sp³-hybridized carbons (Fsp3) is 0.500. The summed E-state index contributed by atoms with van der Waals surface area (Å²) < 4.78 is 11.3. The number of nitrogens with one attached hydrogen (secondary N) is 1. The molecule has 9 nitrogen and oxygen atoms in total. The Hall–Kier alpha value is -3.36. The second-order valence-electron chi connectivity index (χ2n) is 8.94. The summed E-state index contributed by atoms with van der Waals surface area (Å²) in [7, 11) is 1.82. The summed E-state index contributed by atoms with van der Waals surface area (Å²) in [4.78, 5) is 29.2. The molecule has 3 amide bonds. The van der Waals surface area contributed by atoms with Crippen LogP contribution < -0.4 is 14.8 Å². The fourth-order valence-corrected chi connectivity index (χ4v) is 4.63. The minimum Gasteiger partial charge on any atom is -0.486 e. The van der Waals surface area contributed by atoms with E-state index in [1.54, 1.807) is 23.2 Å². The molecule has 2 fully saturated rings. The van der Waals surface area contributed by atoms with Crippen LogP contribution in [0.15, 0.2) is 36.5 Å². The van der Waals surface area contributed by atoms with Gasteiger partial charge in [0.2, 0.25) is 5.91 Å². The number of aromatic nitrogens is 2. The van der Waals surface area contributed by atoms with Gasteiger partial charge in [-0.2, -0.15) is 10.2 Å². The SMILES string of the molecule is CN(C(=O)NC1CC1c1ccc2c(c1)OCCO2)[C@@H]1CCCN(C(=O)Cc2cccnn2)C1. The number of ether oxygens (including phenoxy) is 2. The van der Waals surface area contributed by atoms with Gasteiger partial charge in [0.25, 0.3) is 0 Å². The largest absolute Gasteiger partial charge is 0.486 e. The zero-order valence-electron chi connectivity index (χ0n) is 18.8. The average molecular weight is 452 g/mol. The van der Waals surface area contributed by atoms with E-state index in [2.05, 4.69) is 21.6 Å². The van der Waals surface area contributed by atoms with Crippen molar-refractivity contribution in [3.8, 4) is 11.5 Å². The molecule has 3 atom stereocenters. The van der Waals surface area contributed by atoms with Gasteiger partial charge in [-0.15, -0.1) is 0 Å². The van der Waals surface area contributed by atoms with Gasteiger partial charge in [0.1, 0.15) is 13.2 Å². The summed E-state index contributed by atoms with van der Waals surface area (Å²) in [5.41, 5.74) is 1.82. The van der Waals surface area contributed by atoms with Crippen molar-refractivity contribution in [2.45, 2.75) is 43.7 Å². The van der Waals surface area contributed by atoms with E-state index < -0.39 is 0 Å². The van der Waals surface area contributed by atoms with Gasteiger partial charge in [-0.25, -0.2) is 4.79 Å². The molecule has 2 unspecified atom stereocenters. The molecule has 1 aliphatic carbocycles. The van der Waals surface area contributed by atoms with E-state index in [0.717, 1.165) is 36.3 Å². The topological polar surface area (TPSA) is 96.9 Å². The minimum absolute atomic E-state index is 0.00366. The van der Waals surface area contributed by atoms with Gasteiger partial charge < -0.3 is 24.6 Å². The second kappa shape index (κ2) is 9.25. The van der Waals surface area contributed by atoms with Crippen LogP contribution in [0, 0.1) is 0 Å². The Bertz CT molecular complexity index is 1020. The van der Waals surface area contributed by atoms with Gasteiger partial charge in [0.15, 0.2) is 11.5 Å². The number of carbonyl (C=O) groups is 2. The summed E-state index contributed by atoms with van der Waals surface area (Å²) in [5, 5.41) is 11.0. The molecule has 2 aromatic rings. The number of likely N-dealkylation sites (tertiary alicyclic amines) is 1. The third-order valence-corrected chi connectivity index (χ3v) is 6.67. The lowest BCUT2D eigenvalue weighted by atomic mass is 10.0. The molecule has 5 rings (SSSR count). The summed E-state index contributed by atoms with van der Waals surface area (Å²) in [6, 6.07) is 9.63. The smallest absolute Gasteiger partial charge is 0.317 e. The van der Waals surface area contributed by atoms with Crippen LogP contribution >= 0.6 is 0 Å². The molecule has 0 spiro atoms. The average Bonchev–Trinajstić information content (AvgIpc) is 3.63. The van der Waals surface area contributed by atoms with Crippen molar-refractivity contribution in [3.05, 3.63) is 47.8 Å². The number of nitrogens with zero attached hydrogens (tertiary/aromatic N) is 4. The number of piperidine rings is 1. The van der Waals surface area contributed by atoms with E-state index in [0.29, 0.717) is 32.0 Å². The zero-order valence-corrected chi connectivity index (χ0v) is 18.8. The molecule has 1 N–H and O–H groups in total. The molecule has 1 saturated heterocycles. The first-order valence-electron chi connectivity index (χ1n) is 11.6. The third kappa shape index (κ3) is 4.86. The Morgan fingerprint density at radius 1 is 1.21 bits per heavy atom. The summed E-state index contributed by atoms with van der Waals surface area (Å²) in [6.07, 6.45) is 4.49. The number of fused-ring (bicyclic) bond motifs is 1. The lowest BCUT2D eigenvalue weighted by Crippen LogP contribution is -2.53. The van der Waals surface area contributed by atoms with Crippen molar-refractivity contribution < 1.29 is 19.1 Å². The van der Waals surface area contributed by atoms with E-state index in [9.17, 15) is 9.59 Å². The Morgan fingerprint density at radius 2 is 2.06 bits per heavy atom. The van der Waals surface area contributed by atoms with Crippen LogP contribution in [0.25, 0.3) is 0 Å². The summed E-state index contributed by atoms with van der Waals surface area (Å²) in [6.45, 7) is 2.39. The van der Waals surface area contributed by atoms with E-state index in [4.69, 9.17) is 9.47 Å². The van der Waals surface area contributed by atoms with E-state index in [1.165, 1.54) is 0 Å². The number of rotatable bonds is 5. The van der Waals surface area contributed by atoms with E-state index in [1.807, 2.05) is 24.1 Å². The normalized spacial score (nSPS) is 23.5. The van der Waals surface area contributed by atoms with Crippen LogP contribution in [0.4, 0.5) is 4.79 Å². The fourth-order valence-electron chi connectivity index (χ4n) is 4.63. The molecule has 1 aromatic carbocycles. The Kier molecular flexibility index (Phi) is 6.02. The molecule has 3 aliphatic rings. The van der Waals surface area contributed by atoms with Gasteiger partial charge in [-0.3, -0.25) is 4.79 Å². The molecular weight excluding hydrogens is 422 g/mol. The van der Waals surface area contributed by atoms with Gasteiger partial charge in [-0.1, -0.05) is 6.07 Å². The van der Waals surface area contributed by atoms with Gasteiger partial charge >= 0.3 is 6.03 Å². The first kappa shape index (κ1) is 21.5. The van der Waals surface area contributed by atoms with E-state index in [-0.39, 0.29) is 36.4 Å². The zero-order chi connectivity index (χ0) is 22.8. The van der Waals surface area contributed by atoms with Crippen molar-refractivity contribution in [2.75, 3.05) is 33.4 Å². The van der Waals surface area contributed by atoms with Crippen LogP contribution in [0.3, 0.4) is 0 Å². The molecule has 174 valence electrons. The quantitative estimate of drug-likeness (QED) is 0.747. The van der Waals surface area contributed by atoms with Gasteiger partial charge in [0, 0.05) is 38.3 Å². The number of urea groups is 1. The van der Waals surface area contributed by atoms with Crippen molar-refractivity contribution in [1.82, 2.24) is 25.3 Å². The number of hydrogen-bond acceptors (Lipinski definition) is 6. The van der Waals surface area contributed by atoms with E-state index >= 15 is 0 Å². The maximum absolute atomic E-state index is 12.9. The van der Waals surface area contributed by atoms with Crippen molar-refractivity contribution >= 4 is 11.9 Å². The van der Waals surface area contributed by atoms with Crippen LogP contribution in [-0.2, 0) is 11.2 Å². The van der Waals surface area contributed by atoms with Crippen molar-refractivity contribution in [2.24, 2.45) is 0 Å². The molecule has 2 aliphatic heterocycles. The lowest BCUT2D eigenvalue weighted by Gasteiger charge is -2.37. The highest BCUT2D eigenvalue weighted by Gasteiger charge is 2.41. The van der Waals surface area contributed by atoms with Gasteiger partial charge in [-0.05, 0) is 49.1 Å². The predicted octanol–water partition coefficient (Wildman–Crippen LogP) is 1.98. The first-order chi connectivity index (χ1) is 16.1. The molecule has 9 heteroatoms. The maximum Gasteiger partial charge on any atom is 0.317 e. The maximum atomic E-state index is 12.9.